The second-order valence-electron chi connectivity index (χ2n) is 7.70. The highest BCUT2D eigenvalue weighted by molar-refractivity contribution is 6.30. The quantitative estimate of drug-likeness (QED) is 0.696. The van der Waals surface area contributed by atoms with E-state index in [-0.39, 0.29) is 17.9 Å². The Balaban J connectivity index is 1.54. The largest absolute Gasteiger partial charge is 0.373 e. The summed E-state index contributed by atoms with van der Waals surface area (Å²) < 4.78 is 7.64. The molecule has 3 aromatic rings. The SMILES string of the molecule is O=C1N[C@H](Cc2ccccc2)COCc2cn(nn2)CC[C@@H]1Cc1cccc(Cl)c1. The number of benzene rings is 2. The zero-order chi connectivity index (χ0) is 20.8. The molecule has 2 bridgehead atoms. The molecule has 0 saturated heterocycles. The van der Waals surface area contributed by atoms with Crippen molar-refractivity contribution in [3.8, 4) is 0 Å². The number of hydrogen-bond donors (Lipinski definition) is 1. The van der Waals surface area contributed by atoms with E-state index >= 15 is 0 Å². The molecule has 2 aromatic carbocycles. The van der Waals surface area contributed by atoms with E-state index < -0.39 is 0 Å². The number of halogens is 1. The van der Waals surface area contributed by atoms with Crippen molar-refractivity contribution in [3.05, 3.63) is 82.6 Å². The highest BCUT2D eigenvalue weighted by Crippen LogP contribution is 2.19. The minimum atomic E-state index is -0.200. The minimum Gasteiger partial charge on any atom is -0.373 e. The Morgan fingerprint density at radius 1 is 1.10 bits per heavy atom. The molecule has 2 heterocycles. The second kappa shape index (κ2) is 9.87. The maximum atomic E-state index is 13.2. The van der Waals surface area contributed by atoms with Gasteiger partial charge >= 0.3 is 0 Å². The van der Waals surface area contributed by atoms with Gasteiger partial charge in [-0.25, -0.2) is 0 Å². The van der Waals surface area contributed by atoms with E-state index in [1.807, 2.05) is 48.7 Å². The molecule has 1 aromatic heterocycles. The van der Waals surface area contributed by atoms with Gasteiger partial charge in [-0.15, -0.1) is 5.10 Å². The van der Waals surface area contributed by atoms with Crippen LogP contribution in [0.1, 0.15) is 23.2 Å². The Kier molecular flexibility index (Phi) is 6.77. The van der Waals surface area contributed by atoms with Gasteiger partial charge in [0.2, 0.25) is 5.91 Å². The van der Waals surface area contributed by atoms with Gasteiger partial charge < -0.3 is 10.1 Å². The fourth-order valence-electron chi connectivity index (χ4n) is 3.75. The summed E-state index contributed by atoms with van der Waals surface area (Å²) in [4.78, 5) is 13.2. The number of fused-ring (bicyclic) bond motifs is 2. The number of aryl methyl sites for hydroxylation is 1. The fraction of sp³-hybridized carbons (Fsp3) is 0.348. The normalized spacial score (nSPS) is 20.1. The number of hydrogen-bond acceptors (Lipinski definition) is 4. The first-order valence-electron chi connectivity index (χ1n) is 10.2. The van der Waals surface area contributed by atoms with Crippen LogP contribution >= 0.6 is 11.6 Å². The van der Waals surface area contributed by atoms with E-state index in [9.17, 15) is 4.79 Å². The Labute approximate surface area is 181 Å². The van der Waals surface area contributed by atoms with E-state index in [2.05, 4.69) is 27.8 Å². The third-order valence-electron chi connectivity index (χ3n) is 5.27. The number of carbonyl (C=O) groups excluding carboxylic acids is 1. The van der Waals surface area contributed by atoms with Gasteiger partial charge in [-0.1, -0.05) is 59.3 Å². The van der Waals surface area contributed by atoms with Crippen LogP contribution in [0.15, 0.2) is 60.8 Å². The lowest BCUT2D eigenvalue weighted by atomic mass is 9.94. The average Bonchev–Trinajstić information content (AvgIpc) is 3.19. The zero-order valence-corrected chi connectivity index (χ0v) is 17.5. The van der Waals surface area contributed by atoms with Crippen molar-refractivity contribution in [2.24, 2.45) is 5.92 Å². The number of rotatable bonds is 4. The van der Waals surface area contributed by atoms with Gasteiger partial charge in [0.15, 0.2) is 0 Å². The fourth-order valence-corrected chi connectivity index (χ4v) is 3.96. The molecule has 2 atom stereocenters. The molecule has 6 nitrogen and oxygen atoms in total. The summed E-state index contributed by atoms with van der Waals surface area (Å²) in [5, 5.41) is 12.2. The average molecular weight is 425 g/mol. The van der Waals surface area contributed by atoms with Gasteiger partial charge in [-0.2, -0.15) is 0 Å². The smallest absolute Gasteiger partial charge is 0.223 e. The second-order valence-corrected chi connectivity index (χ2v) is 8.14. The molecule has 156 valence electrons. The monoisotopic (exact) mass is 424 g/mol. The lowest BCUT2D eigenvalue weighted by molar-refractivity contribution is -0.126. The first kappa shape index (κ1) is 20.6. The molecule has 0 spiro atoms. The van der Waals surface area contributed by atoms with Crippen molar-refractivity contribution < 1.29 is 9.53 Å². The van der Waals surface area contributed by atoms with Crippen LogP contribution in [0.3, 0.4) is 0 Å². The summed E-state index contributed by atoms with van der Waals surface area (Å²) in [6.45, 7) is 1.42. The maximum Gasteiger partial charge on any atom is 0.223 e. The zero-order valence-electron chi connectivity index (χ0n) is 16.7. The van der Waals surface area contributed by atoms with Crippen molar-refractivity contribution in [2.45, 2.75) is 38.5 Å². The highest BCUT2D eigenvalue weighted by Gasteiger charge is 2.23. The molecule has 1 amide bonds. The standard InChI is InChI=1S/C23H25ClN4O2/c24-20-8-4-7-18(12-20)11-19-9-10-28-14-22(26-27-28)16-30-15-21(25-23(19)29)13-17-5-2-1-3-6-17/h1-8,12,14,19,21H,9-11,13,15-16H2,(H,25,29)/t19-,21-/m1/s1. The van der Waals surface area contributed by atoms with Crippen LogP contribution < -0.4 is 5.32 Å². The van der Waals surface area contributed by atoms with E-state index in [4.69, 9.17) is 16.3 Å². The minimum absolute atomic E-state index is 0.0282. The number of amides is 1. The third kappa shape index (κ3) is 5.68. The van der Waals surface area contributed by atoms with E-state index in [0.29, 0.717) is 44.0 Å². The lowest BCUT2D eigenvalue weighted by Crippen LogP contribution is -2.43. The molecule has 0 fully saturated rings. The molecule has 0 unspecified atom stereocenters. The highest BCUT2D eigenvalue weighted by atomic mass is 35.5. The van der Waals surface area contributed by atoms with Crippen LogP contribution in [-0.4, -0.2) is 33.5 Å². The van der Waals surface area contributed by atoms with Gasteiger partial charge in [0.25, 0.3) is 0 Å². The first-order valence-corrected chi connectivity index (χ1v) is 10.6. The Morgan fingerprint density at radius 3 is 2.77 bits per heavy atom. The number of aromatic nitrogens is 3. The Morgan fingerprint density at radius 2 is 1.93 bits per heavy atom. The summed E-state index contributed by atoms with van der Waals surface area (Å²) in [5.74, 6) is -0.172. The third-order valence-corrected chi connectivity index (χ3v) is 5.51. The Bertz CT molecular complexity index is 976. The summed E-state index contributed by atoms with van der Waals surface area (Å²) in [6, 6.07) is 17.7. The molecule has 0 saturated carbocycles. The number of nitrogens with zero attached hydrogens (tertiary/aromatic N) is 3. The molecule has 1 aliphatic heterocycles. The van der Waals surface area contributed by atoms with Gasteiger partial charge in [0.1, 0.15) is 5.69 Å². The molecule has 7 heteroatoms. The molecular formula is C23H25ClN4O2. The molecule has 1 N–H and O–H groups in total. The van der Waals surface area contributed by atoms with Crippen LogP contribution in [-0.2, 0) is 35.5 Å². The molecule has 0 radical (unpaired) electrons. The van der Waals surface area contributed by atoms with Crippen LogP contribution in [0, 0.1) is 5.92 Å². The van der Waals surface area contributed by atoms with E-state index in [1.165, 1.54) is 0 Å². The van der Waals surface area contributed by atoms with Crippen molar-refractivity contribution in [1.82, 2.24) is 20.3 Å². The van der Waals surface area contributed by atoms with Crippen molar-refractivity contribution in [2.75, 3.05) is 6.61 Å². The van der Waals surface area contributed by atoms with Crippen LogP contribution in [0.2, 0.25) is 5.02 Å². The van der Waals surface area contributed by atoms with Crippen LogP contribution in [0.25, 0.3) is 0 Å². The predicted octanol–water partition coefficient (Wildman–Crippen LogP) is 3.44. The molecule has 30 heavy (non-hydrogen) atoms. The summed E-state index contributed by atoms with van der Waals surface area (Å²) in [5.41, 5.74) is 3.01. The summed E-state index contributed by atoms with van der Waals surface area (Å²) in [7, 11) is 0. The van der Waals surface area contributed by atoms with Gasteiger partial charge in [0, 0.05) is 17.5 Å². The Hall–Kier alpha value is -2.70. The van der Waals surface area contributed by atoms with E-state index in [1.54, 1.807) is 4.68 Å². The number of carbonyl (C=O) groups is 1. The number of nitrogens with one attached hydrogen (secondary N) is 1. The van der Waals surface area contributed by atoms with Gasteiger partial charge in [0.05, 0.1) is 25.5 Å². The van der Waals surface area contributed by atoms with Gasteiger partial charge in [-0.3, -0.25) is 9.48 Å². The first-order chi connectivity index (χ1) is 14.7. The number of ether oxygens (including phenoxy) is 1. The molecule has 4 rings (SSSR count). The van der Waals surface area contributed by atoms with Crippen LogP contribution in [0.5, 0.6) is 0 Å². The van der Waals surface area contributed by atoms with Gasteiger partial charge in [-0.05, 0) is 42.5 Å². The van der Waals surface area contributed by atoms with Crippen LogP contribution in [0.4, 0.5) is 0 Å². The molecule has 1 aliphatic rings. The lowest BCUT2D eigenvalue weighted by Gasteiger charge is -2.23. The molecule has 0 aliphatic carbocycles. The van der Waals surface area contributed by atoms with E-state index in [0.717, 1.165) is 16.8 Å². The van der Waals surface area contributed by atoms with Crippen molar-refractivity contribution in [3.63, 3.8) is 0 Å². The topological polar surface area (TPSA) is 69.0 Å². The van der Waals surface area contributed by atoms with Crippen molar-refractivity contribution >= 4 is 17.5 Å². The molecular weight excluding hydrogens is 400 g/mol. The summed E-state index contributed by atoms with van der Waals surface area (Å²) in [6.07, 6.45) is 3.89. The summed E-state index contributed by atoms with van der Waals surface area (Å²) >= 11 is 6.15. The predicted molar refractivity (Wildman–Crippen MR) is 115 cm³/mol. The maximum absolute atomic E-state index is 13.2. The van der Waals surface area contributed by atoms with Crippen molar-refractivity contribution in [1.29, 1.82) is 0 Å².